The first-order valence-corrected chi connectivity index (χ1v) is 7.40. The summed E-state index contributed by atoms with van der Waals surface area (Å²) in [4.78, 5) is 0. The summed E-state index contributed by atoms with van der Waals surface area (Å²) in [6.07, 6.45) is 0. The highest BCUT2D eigenvalue weighted by Gasteiger charge is 2.20. The van der Waals surface area contributed by atoms with Crippen molar-refractivity contribution in [2.24, 2.45) is 0 Å². The Bertz CT molecular complexity index is 1110. The smallest absolute Gasteiger partial charge is 0.319 e. The number of aromatic nitrogens is 3. The lowest BCUT2D eigenvalue weighted by Gasteiger charge is -2.12. The summed E-state index contributed by atoms with van der Waals surface area (Å²) in [6, 6.07) is 13.5. The second-order valence-electron chi connectivity index (χ2n) is 5.47. The van der Waals surface area contributed by atoms with Crippen LogP contribution in [0, 0.1) is 5.82 Å². The number of phenols is 2. The van der Waals surface area contributed by atoms with Crippen LogP contribution in [0.1, 0.15) is 0 Å². The number of nitrogens with zero attached hydrogens (tertiary/aromatic N) is 3. The number of rotatable bonds is 2. The topological polar surface area (TPSA) is 91.4 Å². The van der Waals surface area contributed by atoms with Gasteiger partial charge in [-0.3, -0.25) is 0 Å². The van der Waals surface area contributed by atoms with Gasteiger partial charge in [0.05, 0.1) is 11.3 Å². The summed E-state index contributed by atoms with van der Waals surface area (Å²) in [5.74, 6) is -1.02. The summed E-state index contributed by atoms with van der Waals surface area (Å²) >= 11 is 0. The Morgan fingerprint density at radius 3 is 2.52 bits per heavy atom. The van der Waals surface area contributed by atoms with Crippen molar-refractivity contribution in [1.29, 1.82) is 0 Å². The molecule has 3 N–H and O–H groups in total. The van der Waals surface area contributed by atoms with E-state index >= 15 is 0 Å². The number of aromatic hydroxyl groups is 3. The highest BCUT2D eigenvalue weighted by Crippen LogP contribution is 2.38. The van der Waals surface area contributed by atoms with Crippen LogP contribution >= 0.6 is 0 Å². The van der Waals surface area contributed by atoms with Gasteiger partial charge in [-0.25, -0.2) is 8.96 Å². The fourth-order valence-electron chi connectivity index (χ4n) is 2.81. The minimum atomic E-state index is -0.422. The van der Waals surface area contributed by atoms with Gasteiger partial charge in [0.1, 0.15) is 5.82 Å². The van der Waals surface area contributed by atoms with Crippen LogP contribution in [0.5, 0.6) is 17.5 Å². The van der Waals surface area contributed by atoms with Crippen molar-refractivity contribution in [3.8, 4) is 34.6 Å². The SMILES string of the molecule is Oc1cccc(-c2nnc(O)n2-c2cccc3ccc(F)cc23)c1O. The van der Waals surface area contributed by atoms with Gasteiger partial charge in [0.2, 0.25) is 0 Å². The van der Waals surface area contributed by atoms with E-state index in [-0.39, 0.29) is 22.9 Å². The molecule has 124 valence electrons. The van der Waals surface area contributed by atoms with Crippen LogP contribution in [0.15, 0.2) is 54.6 Å². The number of hydrogen-bond donors (Lipinski definition) is 3. The van der Waals surface area contributed by atoms with E-state index in [1.165, 1.54) is 34.9 Å². The third kappa shape index (κ3) is 2.33. The maximum Gasteiger partial charge on any atom is 0.319 e. The molecule has 25 heavy (non-hydrogen) atoms. The average Bonchev–Trinajstić information content (AvgIpc) is 2.98. The van der Waals surface area contributed by atoms with Crippen LogP contribution in [0.25, 0.3) is 27.8 Å². The lowest BCUT2D eigenvalue weighted by atomic mass is 10.1. The summed E-state index contributed by atoms with van der Waals surface area (Å²) in [6.45, 7) is 0. The number of hydrogen-bond acceptors (Lipinski definition) is 5. The average molecular weight is 337 g/mol. The third-order valence-corrected chi connectivity index (χ3v) is 3.96. The van der Waals surface area contributed by atoms with Crippen LogP contribution < -0.4 is 0 Å². The largest absolute Gasteiger partial charge is 0.504 e. The number of phenolic OH excluding ortho intramolecular Hbond substituents is 2. The summed E-state index contributed by atoms with van der Waals surface area (Å²) in [7, 11) is 0. The standard InChI is InChI=1S/C18H12FN3O3/c19-11-8-7-10-3-1-5-14(13(10)9-11)22-17(20-21-18(22)25)12-4-2-6-15(23)16(12)24/h1-9,23-24H,(H,21,25). The molecule has 0 aliphatic rings. The van der Waals surface area contributed by atoms with Gasteiger partial charge in [-0.05, 0) is 35.7 Å². The molecule has 1 aromatic heterocycles. The summed E-state index contributed by atoms with van der Waals surface area (Å²) in [5, 5.41) is 38.9. The van der Waals surface area contributed by atoms with E-state index < -0.39 is 11.8 Å². The zero-order valence-corrected chi connectivity index (χ0v) is 12.8. The van der Waals surface area contributed by atoms with E-state index in [1.54, 1.807) is 18.2 Å². The Labute approximate surface area is 141 Å². The van der Waals surface area contributed by atoms with Gasteiger partial charge in [0.15, 0.2) is 17.3 Å². The van der Waals surface area contributed by atoms with Crippen molar-refractivity contribution in [3.05, 3.63) is 60.4 Å². The fraction of sp³-hybridized carbons (Fsp3) is 0. The molecule has 0 aliphatic carbocycles. The van der Waals surface area contributed by atoms with E-state index in [0.29, 0.717) is 11.1 Å². The van der Waals surface area contributed by atoms with E-state index in [1.807, 2.05) is 6.07 Å². The predicted molar refractivity (Wildman–Crippen MR) is 89.3 cm³/mol. The lowest BCUT2D eigenvalue weighted by molar-refractivity contribution is 0.404. The molecule has 0 amide bonds. The van der Waals surface area contributed by atoms with Crippen molar-refractivity contribution < 1.29 is 19.7 Å². The van der Waals surface area contributed by atoms with Crippen molar-refractivity contribution in [2.45, 2.75) is 0 Å². The molecule has 0 aliphatic heterocycles. The van der Waals surface area contributed by atoms with Gasteiger partial charge in [-0.1, -0.05) is 29.4 Å². The van der Waals surface area contributed by atoms with Gasteiger partial charge in [0, 0.05) is 5.39 Å². The molecule has 4 aromatic rings. The Balaban J connectivity index is 2.04. The predicted octanol–water partition coefficient (Wildman–Crippen LogP) is 3.34. The van der Waals surface area contributed by atoms with E-state index in [2.05, 4.69) is 10.2 Å². The van der Waals surface area contributed by atoms with Crippen molar-refractivity contribution in [1.82, 2.24) is 14.8 Å². The van der Waals surface area contributed by atoms with E-state index in [4.69, 9.17) is 0 Å². The minimum Gasteiger partial charge on any atom is -0.504 e. The second-order valence-corrected chi connectivity index (χ2v) is 5.47. The number of fused-ring (bicyclic) bond motifs is 1. The molecule has 0 radical (unpaired) electrons. The Kier molecular flexibility index (Phi) is 3.28. The van der Waals surface area contributed by atoms with Crippen molar-refractivity contribution in [2.75, 3.05) is 0 Å². The third-order valence-electron chi connectivity index (χ3n) is 3.96. The maximum absolute atomic E-state index is 13.7. The monoisotopic (exact) mass is 337 g/mol. The van der Waals surface area contributed by atoms with Crippen LogP contribution in [0.2, 0.25) is 0 Å². The van der Waals surface area contributed by atoms with Gasteiger partial charge in [-0.15, -0.1) is 5.10 Å². The fourth-order valence-corrected chi connectivity index (χ4v) is 2.81. The molecule has 0 unspecified atom stereocenters. The molecule has 0 saturated heterocycles. The molecule has 0 bridgehead atoms. The van der Waals surface area contributed by atoms with Crippen LogP contribution in [-0.4, -0.2) is 30.1 Å². The number of para-hydroxylation sites is 1. The molecular formula is C18H12FN3O3. The maximum atomic E-state index is 13.7. The normalized spacial score (nSPS) is 11.1. The van der Waals surface area contributed by atoms with Gasteiger partial charge < -0.3 is 15.3 Å². The van der Waals surface area contributed by atoms with Crippen LogP contribution in [-0.2, 0) is 0 Å². The molecule has 6 nitrogen and oxygen atoms in total. The lowest BCUT2D eigenvalue weighted by Crippen LogP contribution is -1.99. The highest BCUT2D eigenvalue weighted by molar-refractivity contribution is 5.91. The first-order chi connectivity index (χ1) is 12.1. The van der Waals surface area contributed by atoms with E-state index in [9.17, 15) is 19.7 Å². The molecule has 3 aromatic carbocycles. The van der Waals surface area contributed by atoms with Gasteiger partial charge >= 0.3 is 6.01 Å². The van der Waals surface area contributed by atoms with Crippen LogP contribution in [0.4, 0.5) is 4.39 Å². The molecule has 0 atom stereocenters. The van der Waals surface area contributed by atoms with Crippen molar-refractivity contribution >= 4 is 10.8 Å². The number of benzene rings is 3. The first kappa shape index (κ1) is 14.9. The van der Waals surface area contributed by atoms with Crippen LogP contribution in [0.3, 0.4) is 0 Å². The van der Waals surface area contributed by atoms with Crippen molar-refractivity contribution in [3.63, 3.8) is 0 Å². The Hall–Kier alpha value is -3.61. The molecule has 7 heteroatoms. The molecule has 0 spiro atoms. The molecule has 4 rings (SSSR count). The second kappa shape index (κ2) is 5.48. The summed E-state index contributed by atoms with van der Waals surface area (Å²) < 4.78 is 15.0. The van der Waals surface area contributed by atoms with Gasteiger partial charge in [-0.2, -0.15) is 0 Å². The zero-order chi connectivity index (χ0) is 17.6. The van der Waals surface area contributed by atoms with E-state index in [0.717, 1.165) is 5.39 Å². The molecule has 0 saturated carbocycles. The zero-order valence-electron chi connectivity index (χ0n) is 12.8. The summed E-state index contributed by atoms with van der Waals surface area (Å²) in [5.41, 5.74) is 0.624. The minimum absolute atomic E-state index is 0.114. The Morgan fingerprint density at radius 2 is 1.68 bits per heavy atom. The Morgan fingerprint density at radius 1 is 0.880 bits per heavy atom. The quantitative estimate of drug-likeness (QED) is 0.488. The van der Waals surface area contributed by atoms with Gasteiger partial charge in [0.25, 0.3) is 0 Å². The molecule has 0 fully saturated rings. The highest BCUT2D eigenvalue weighted by atomic mass is 19.1. The molecular weight excluding hydrogens is 325 g/mol. The number of halogens is 1. The first-order valence-electron chi connectivity index (χ1n) is 7.40. The molecule has 1 heterocycles.